The van der Waals surface area contributed by atoms with Crippen molar-refractivity contribution in [3.63, 3.8) is 0 Å². The largest absolute Gasteiger partial charge is 0.497 e. The molecule has 134 valence electrons. The quantitative estimate of drug-likeness (QED) is 0.846. The number of ether oxygens (including phenoxy) is 1. The molecule has 4 heterocycles. The van der Waals surface area contributed by atoms with Crippen LogP contribution in [-0.4, -0.2) is 41.2 Å². The molecule has 25 heavy (non-hydrogen) atoms. The molecule has 5 rings (SSSR count). The molecule has 0 aliphatic carbocycles. The minimum absolute atomic E-state index is 0. The summed E-state index contributed by atoms with van der Waals surface area (Å²) in [5.41, 5.74) is 1.85. The zero-order valence-corrected chi connectivity index (χ0v) is 15.3. The maximum atomic E-state index is 11.2. The number of aliphatic hydroxyl groups is 1. The summed E-state index contributed by atoms with van der Waals surface area (Å²) in [6, 6.07) is 7.96. The van der Waals surface area contributed by atoms with E-state index in [-0.39, 0.29) is 18.4 Å². The van der Waals surface area contributed by atoms with Crippen LogP contribution in [0.25, 0.3) is 10.9 Å². The van der Waals surface area contributed by atoms with Gasteiger partial charge in [-0.25, -0.2) is 0 Å². The molecule has 1 aromatic carbocycles. The van der Waals surface area contributed by atoms with E-state index in [4.69, 9.17) is 4.74 Å². The highest BCUT2D eigenvalue weighted by Gasteiger charge is 2.42. The molecule has 5 atom stereocenters. The molecular formula is C20H25ClN2O2. The molecule has 0 spiro atoms. The van der Waals surface area contributed by atoms with Gasteiger partial charge in [0.25, 0.3) is 0 Å². The molecular weight excluding hydrogens is 336 g/mol. The number of piperidine rings is 3. The van der Waals surface area contributed by atoms with Crippen molar-refractivity contribution in [3.05, 3.63) is 48.7 Å². The summed E-state index contributed by atoms with van der Waals surface area (Å²) >= 11 is 0. The van der Waals surface area contributed by atoms with Crippen LogP contribution in [0.1, 0.15) is 24.5 Å². The van der Waals surface area contributed by atoms with E-state index in [1.807, 2.05) is 24.3 Å². The maximum Gasteiger partial charge on any atom is 0.119 e. The van der Waals surface area contributed by atoms with Gasteiger partial charge in [0.05, 0.1) is 18.7 Å². The molecule has 3 aliphatic heterocycles. The molecule has 2 unspecified atom stereocenters. The molecule has 0 radical (unpaired) electrons. The zero-order chi connectivity index (χ0) is 16.7. The Morgan fingerprint density at radius 2 is 2.24 bits per heavy atom. The van der Waals surface area contributed by atoms with Gasteiger partial charge < -0.3 is 9.84 Å². The highest BCUT2D eigenvalue weighted by molar-refractivity contribution is 5.85. The summed E-state index contributed by atoms with van der Waals surface area (Å²) < 4.78 is 5.35. The molecule has 3 fully saturated rings. The van der Waals surface area contributed by atoms with Gasteiger partial charge in [0, 0.05) is 24.2 Å². The molecule has 3 aliphatic rings. The number of methoxy groups -OCH3 is 1. The van der Waals surface area contributed by atoms with Crippen LogP contribution in [0.5, 0.6) is 5.75 Å². The first-order valence-electron chi connectivity index (χ1n) is 8.68. The van der Waals surface area contributed by atoms with Crippen molar-refractivity contribution in [1.29, 1.82) is 0 Å². The van der Waals surface area contributed by atoms with Crippen molar-refractivity contribution in [2.45, 2.75) is 25.0 Å². The predicted molar refractivity (Wildman–Crippen MR) is 102 cm³/mol. The Morgan fingerprint density at radius 3 is 2.92 bits per heavy atom. The van der Waals surface area contributed by atoms with Crippen LogP contribution in [0.4, 0.5) is 0 Å². The van der Waals surface area contributed by atoms with E-state index in [2.05, 4.69) is 22.5 Å². The van der Waals surface area contributed by atoms with E-state index < -0.39 is 6.10 Å². The Balaban J connectivity index is 0.00000182. The average molecular weight is 361 g/mol. The second-order valence-electron chi connectivity index (χ2n) is 6.97. The van der Waals surface area contributed by atoms with Gasteiger partial charge >= 0.3 is 0 Å². The fraction of sp³-hybridized carbons (Fsp3) is 0.450. The monoisotopic (exact) mass is 360 g/mol. The molecule has 4 nitrogen and oxygen atoms in total. The fourth-order valence-electron chi connectivity index (χ4n) is 4.44. The highest BCUT2D eigenvalue weighted by atomic mass is 35.5. The molecule has 0 amide bonds. The van der Waals surface area contributed by atoms with Gasteiger partial charge in [0.2, 0.25) is 0 Å². The number of rotatable bonds is 4. The van der Waals surface area contributed by atoms with Crippen LogP contribution in [0.2, 0.25) is 0 Å². The summed E-state index contributed by atoms with van der Waals surface area (Å²) in [6.45, 7) is 6.07. The summed E-state index contributed by atoms with van der Waals surface area (Å²) in [6.07, 6.45) is 5.62. The van der Waals surface area contributed by atoms with E-state index in [9.17, 15) is 5.11 Å². The minimum Gasteiger partial charge on any atom is -0.497 e. The first kappa shape index (κ1) is 18.2. The Kier molecular flexibility index (Phi) is 5.32. The van der Waals surface area contributed by atoms with Crippen molar-refractivity contribution >= 4 is 23.3 Å². The van der Waals surface area contributed by atoms with Gasteiger partial charge in [-0.15, -0.1) is 19.0 Å². The topological polar surface area (TPSA) is 45.6 Å². The van der Waals surface area contributed by atoms with Gasteiger partial charge in [-0.05, 0) is 61.1 Å². The zero-order valence-electron chi connectivity index (χ0n) is 14.5. The third-order valence-electron chi connectivity index (χ3n) is 5.82. The number of benzene rings is 1. The number of aliphatic hydroxyl groups excluding tert-OH is 1. The number of fused-ring (bicyclic) bond motifs is 4. The first-order chi connectivity index (χ1) is 11.7. The molecule has 3 saturated heterocycles. The van der Waals surface area contributed by atoms with E-state index in [1.54, 1.807) is 13.3 Å². The number of hydrogen-bond acceptors (Lipinski definition) is 4. The van der Waals surface area contributed by atoms with Gasteiger partial charge in [-0.1, -0.05) is 6.08 Å². The Labute approximate surface area is 154 Å². The number of hydrogen-bond donors (Lipinski definition) is 1. The van der Waals surface area contributed by atoms with Crippen LogP contribution in [0, 0.1) is 11.8 Å². The van der Waals surface area contributed by atoms with Gasteiger partial charge in [-0.2, -0.15) is 0 Å². The van der Waals surface area contributed by atoms with E-state index in [0.717, 1.165) is 41.7 Å². The minimum atomic E-state index is -0.504. The normalized spacial score (nSPS) is 29.0. The molecule has 1 N–H and O–H groups in total. The van der Waals surface area contributed by atoms with Crippen LogP contribution in [0.3, 0.4) is 0 Å². The van der Waals surface area contributed by atoms with Crippen molar-refractivity contribution in [1.82, 2.24) is 9.88 Å². The average Bonchev–Trinajstić information content (AvgIpc) is 2.66. The summed E-state index contributed by atoms with van der Waals surface area (Å²) in [7, 11) is 1.66. The number of halogens is 1. The first-order valence-corrected chi connectivity index (χ1v) is 8.68. The lowest BCUT2D eigenvalue weighted by Crippen LogP contribution is -2.54. The molecule has 1 aromatic heterocycles. The number of aromatic nitrogens is 1. The summed E-state index contributed by atoms with van der Waals surface area (Å²) in [4.78, 5) is 6.86. The summed E-state index contributed by atoms with van der Waals surface area (Å²) in [5, 5.41) is 12.1. The van der Waals surface area contributed by atoms with Crippen LogP contribution in [-0.2, 0) is 0 Å². The fourth-order valence-corrected chi connectivity index (χ4v) is 4.44. The van der Waals surface area contributed by atoms with Gasteiger partial charge in [0.1, 0.15) is 5.75 Å². The lowest BCUT2D eigenvalue weighted by atomic mass is 9.73. The standard InChI is InChI=1S/C20H24N2O2.ClH/c1-3-13-12-22-9-7-14(13)10-19(22)20(23)16-6-8-21-18-5-4-15(24-2)11-17(16)18;/h3-6,8,11,13-14,19-20,23H,1,7,9-10,12H2,2H3;1H/t13-,14-,19?,20+;/m0./s1. The SMILES string of the molecule is C=C[C@H]1CN2CC[C@H]1CC2[C@H](O)c1ccnc2ccc(OC)cc12.Cl. The van der Waals surface area contributed by atoms with E-state index in [0.29, 0.717) is 11.8 Å². The third-order valence-corrected chi connectivity index (χ3v) is 5.82. The van der Waals surface area contributed by atoms with Crippen molar-refractivity contribution in [2.75, 3.05) is 20.2 Å². The van der Waals surface area contributed by atoms with Gasteiger partial charge in [0.15, 0.2) is 0 Å². The number of pyridine rings is 1. The molecule has 0 saturated carbocycles. The molecule has 2 aromatic rings. The van der Waals surface area contributed by atoms with Crippen molar-refractivity contribution < 1.29 is 9.84 Å². The Morgan fingerprint density at radius 1 is 1.40 bits per heavy atom. The Hall–Kier alpha value is -1.62. The summed E-state index contributed by atoms with van der Waals surface area (Å²) in [5.74, 6) is 2.01. The van der Waals surface area contributed by atoms with Crippen LogP contribution >= 0.6 is 12.4 Å². The molecule has 2 bridgehead atoms. The van der Waals surface area contributed by atoms with Crippen molar-refractivity contribution in [2.24, 2.45) is 11.8 Å². The maximum absolute atomic E-state index is 11.2. The van der Waals surface area contributed by atoms with Crippen LogP contribution < -0.4 is 4.74 Å². The van der Waals surface area contributed by atoms with E-state index in [1.165, 1.54) is 6.42 Å². The smallest absolute Gasteiger partial charge is 0.119 e. The van der Waals surface area contributed by atoms with Gasteiger partial charge in [-0.3, -0.25) is 9.88 Å². The second kappa shape index (κ2) is 7.32. The lowest BCUT2D eigenvalue weighted by Gasteiger charge is -2.50. The van der Waals surface area contributed by atoms with E-state index >= 15 is 0 Å². The molecule has 5 heteroatoms. The predicted octanol–water partition coefficient (Wildman–Crippen LogP) is 3.60. The number of nitrogens with zero attached hydrogens (tertiary/aromatic N) is 2. The Bertz CT molecular complexity index is 766. The lowest BCUT2D eigenvalue weighted by molar-refractivity contribution is -0.0444. The third kappa shape index (κ3) is 3.14. The highest BCUT2D eigenvalue weighted by Crippen LogP contribution is 2.42. The van der Waals surface area contributed by atoms with Crippen LogP contribution in [0.15, 0.2) is 43.1 Å². The van der Waals surface area contributed by atoms with Crippen molar-refractivity contribution in [3.8, 4) is 5.75 Å². The second-order valence-corrected chi connectivity index (χ2v) is 6.97.